The molecule has 2 N–H and O–H groups in total. The molecule has 0 saturated heterocycles. The lowest BCUT2D eigenvalue weighted by Gasteiger charge is -1.94. The minimum Gasteiger partial charge on any atom is -0.478 e. The summed E-state index contributed by atoms with van der Waals surface area (Å²) in [7, 11) is 0. The molecular weight excluding hydrogens is 170 g/mol. The molecule has 13 heavy (non-hydrogen) atoms. The van der Waals surface area contributed by atoms with Gasteiger partial charge in [0.05, 0.1) is 12.3 Å². The van der Waals surface area contributed by atoms with Gasteiger partial charge in [0.25, 0.3) is 0 Å². The quantitative estimate of drug-likeness (QED) is 0.669. The molecular formula is C9H9NO3. The van der Waals surface area contributed by atoms with Gasteiger partial charge in [0.2, 0.25) is 0 Å². The zero-order valence-corrected chi connectivity index (χ0v) is 6.84. The molecule has 4 heteroatoms. The van der Waals surface area contributed by atoms with Crippen LogP contribution in [0.2, 0.25) is 0 Å². The maximum atomic E-state index is 10.1. The van der Waals surface area contributed by atoms with Gasteiger partial charge >= 0.3 is 5.97 Å². The molecule has 0 aliphatic carbocycles. The van der Waals surface area contributed by atoms with Crippen molar-refractivity contribution in [2.75, 3.05) is 0 Å². The van der Waals surface area contributed by atoms with Crippen molar-refractivity contribution < 1.29 is 15.0 Å². The highest BCUT2D eigenvalue weighted by atomic mass is 16.4. The molecule has 0 fully saturated rings. The maximum Gasteiger partial charge on any atom is 0.328 e. The zero-order valence-electron chi connectivity index (χ0n) is 6.84. The molecule has 1 heterocycles. The number of pyridine rings is 1. The summed E-state index contributed by atoms with van der Waals surface area (Å²) in [5.41, 5.74) is 1.26. The van der Waals surface area contributed by atoms with E-state index < -0.39 is 5.97 Å². The van der Waals surface area contributed by atoms with E-state index in [1.54, 1.807) is 12.1 Å². The average Bonchev–Trinajstić information content (AvgIpc) is 2.15. The van der Waals surface area contributed by atoms with Crippen LogP contribution in [0.3, 0.4) is 0 Å². The summed E-state index contributed by atoms with van der Waals surface area (Å²) >= 11 is 0. The zero-order chi connectivity index (χ0) is 9.68. The lowest BCUT2D eigenvalue weighted by atomic mass is 10.2. The maximum absolute atomic E-state index is 10.1. The van der Waals surface area contributed by atoms with E-state index in [1.807, 2.05) is 0 Å². The van der Waals surface area contributed by atoms with Crippen molar-refractivity contribution in [3.63, 3.8) is 0 Å². The van der Waals surface area contributed by atoms with E-state index in [2.05, 4.69) is 4.98 Å². The summed E-state index contributed by atoms with van der Waals surface area (Å²) in [5.74, 6) is -1.01. The molecule has 0 unspecified atom stereocenters. The smallest absolute Gasteiger partial charge is 0.328 e. The highest BCUT2D eigenvalue weighted by molar-refractivity contribution is 5.84. The second kappa shape index (κ2) is 4.37. The van der Waals surface area contributed by atoms with Gasteiger partial charge in [0.15, 0.2) is 0 Å². The molecule has 1 aromatic rings. The molecule has 0 aliphatic heterocycles. The van der Waals surface area contributed by atoms with Crippen LogP contribution in [0, 0.1) is 0 Å². The van der Waals surface area contributed by atoms with Crippen molar-refractivity contribution in [2.45, 2.75) is 6.61 Å². The van der Waals surface area contributed by atoms with Crippen LogP contribution in [-0.2, 0) is 11.4 Å². The third-order valence-electron chi connectivity index (χ3n) is 1.43. The minimum atomic E-state index is -1.01. The Hall–Kier alpha value is -1.68. The Labute approximate surface area is 75.2 Å². The van der Waals surface area contributed by atoms with Crippen molar-refractivity contribution in [2.24, 2.45) is 0 Å². The normalized spacial score (nSPS) is 10.5. The third kappa shape index (κ3) is 3.04. The van der Waals surface area contributed by atoms with E-state index in [9.17, 15) is 4.79 Å². The molecule has 0 atom stereocenters. The van der Waals surface area contributed by atoms with Crippen LogP contribution in [-0.4, -0.2) is 21.2 Å². The van der Waals surface area contributed by atoms with Gasteiger partial charge in [0, 0.05) is 12.3 Å². The molecule has 1 aromatic heterocycles. The van der Waals surface area contributed by atoms with Crippen molar-refractivity contribution in [3.05, 3.63) is 35.7 Å². The van der Waals surface area contributed by atoms with Crippen LogP contribution in [0.4, 0.5) is 0 Å². The Bertz CT molecular complexity index is 316. The SMILES string of the molecule is O=C(O)C=Cc1ccc(CO)cn1. The molecule has 4 nitrogen and oxygen atoms in total. The second-order valence-corrected chi connectivity index (χ2v) is 2.42. The molecule has 0 spiro atoms. The third-order valence-corrected chi connectivity index (χ3v) is 1.43. The van der Waals surface area contributed by atoms with Crippen LogP contribution in [0.1, 0.15) is 11.3 Å². The van der Waals surface area contributed by atoms with E-state index >= 15 is 0 Å². The number of carboxylic acids is 1. The number of hydrogen-bond acceptors (Lipinski definition) is 3. The predicted molar refractivity (Wildman–Crippen MR) is 46.8 cm³/mol. The first-order valence-corrected chi connectivity index (χ1v) is 3.69. The van der Waals surface area contributed by atoms with Crippen LogP contribution < -0.4 is 0 Å². The molecule has 0 aliphatic rings. The van der Waals surface area contributed by atoms with Crippen molar-refractivity contribution in [1.82, 2.24) is 4.98 Å². The lowest BCUT2D eigenvalue weighted by molar-refractivity contribution is -0.131. The highest BCUT2D eigenvalue weighted by Crippen LogP contribution is 2.01. The first-order chi connectivity index (χ1) is 6.22. The van der Waals surface area contributed by atoms with E-state index in [1.165, 1.54) is 12.3 Å². The van der Waals surface area contributed by atoms with E-state index in [4.69, 9.17) is 10.2 Å². The fourth-order valence-corrected chi connectivity index (χ4v) is 0.785. The number of carbonyl (C=O) groups is 1. The molecule has 0 amide bonds. The molecule has 1 rings (SSSR count). The summed E-state index contributed by atoms with van der Waals surface area (Å²) in [6.07, 6.45) is 3.91. The van der Waals surface area contributed by atoms with Crippen molar-refractivity contribution >= 4 is 12.0 Å². The number of aliphatic hydroxyl groups excluding tert-OH is 1. The monoisotopic (exact) mass is 179 g/mol. The Morgan fingerprint density at radius 3 is 2.77 bits per heavy atom. The number of aliphatic hydroxyl groups is 1. The second-order valence-electron chi connectivity index (χ2n) is 2.42. The number of nitrogens with zero attached hydrogens (tertiary/aromatic N) is 1. The Morgan fingerprint density at radius 2 is 2.31 bits per heavy atom. The average molecular weight is 179 g/mol. The largest absolute Gasteiger partial charge is 0.478 e. The predicted octanol–water partition coefficient (Wildman–Crippen LogP) is 0.672. The van der Waals surface area contributed by atoms with Crippen LogP contribution in [0.25, 0.3) is 6.08 Å². The Balaban J connectivity index is 2.75. The summed E-state index contributed by atoms with van der Waals surface area (Å²) in [5, 5.41) is 17.0. The molecule has 0 saturated carbocycles. The minimum absolute atomic E-state index is 0.0596. The molecule has 0 bridgehead atoms. The van der Waals surface area contributed by atoms with Gasteiger partial charge in [-0.2, -0.15) is 0 Å². The van der Waals surface area contributed by atoms with Gasteiger partial charge in [-0.15, -0.1) is 0 Å². The molecule has 0 radical (unpaired) electrons. The topological polar surface area (TPSA) is 70.4 Å². The van der Waals surface area contributed by atoms with Gasteiger partial charge < -0.3 is 10.2 Å². The first-order valence-electron chi connectivity index (χ1n) is 3.69. The molecule has 0 aromatic carbocycles. The Morgan fingerprint density at radius 1 is 1.54 bits per heavy atom. The fraction of sp³-hybridized carbons (Fsp3) is 0.111. The van der Waals surface area contributed by atoms with Crippen molar-refractivity contribution in [1.29, 1.82) is 0 Å². The van der Waals surface area contributed by atoms with Gasteiger partial charge in [-0.05, 0) is 17.7 Å². The number of rotatable bonds is 3. The van der Waals surface area contributed by atoms with E-state index in [0.717, 1.165) is 6.08 Å². The van der Waals surface area contributed by atoms with Crippen LogP contribution in [0.5, 0.6) is 0 Å². The Kier molecular flexibility index (Phi) is 3.16. The number of aliphatic carboxylic acids is 1. The van der Waals surface area contributed by atoms with Gasteiger partial charge in [0.1, 0.15) is 0 Å². The van der Waals surface area contributed by atoms with Crippen LogP contribution >= 0.6 is 0 Å². The number of carboxylic acid groups (broad SMARTS) is 1. The summed E-state index contributed by atoms with van der Waals surface area (Å²) in [6.45, 7) is -0.0596. The van der Waals surface area contributed by atoms with Crippen molar-refractivity contribution in [3.8, 4) is 0 Å². The van der Waals surface area contributed by atoms with Gasteiger partial charge in [-0.25, -0.2) is 4.79 Å². The molecule has 68 valence electrons. The number of aromatic nitrogens is 1. The standard InChI is InChI=1S/C9H9NO3/c11-6-7-1-2-8(10-5-7)3-4-9(12)13/h1-5,11H,6H2,(H,12,13). The number of hydrogen-bond donors (Lipinski definition) is 2. The van der Waals surface area contributed by atoms with E-state index in [-0.39, 0.29) is 6.61 Å². The van der Waals surface area contributed by atoms with E-state index in [0.29, 0.717) is 11.3 Å². The summed E-state index contributed by atoms with van der Waals surface area (Å²) < 4.78 is 0. The van der Waals surface area contributed by atoms with Crippen LogP contribution in [0.15, 0.2) is 24.4 Å². The first kappa shape index (κ1) is 9.41. The van der Waals surface area contributed by atoms with Gasteiger partial charge in [-0.1, -0.05) is 6.07 Å². The summed E-state index contributed by atoms with van der Waals surface area (Å²) in [6, 6.07) is 3.33. The lowest BCUT2D eigenvalue weighted by Crippen LogP contribution is -1.89. The summed E-state index contributed by atoms with van der Waals surface area (Å²) in [4.78, 5) is 14.1. The van der Waals surface area contributed by atoms with Gasteiger partial charge in [-0.3, -0.25) is 4.98 Å². The highest BCUT2D eigenvalue weighted by Gasteiger charge is 1.92. The fourth-order valence-electron chi connectivity index (χ4n) is 0.785.